The van der Waals surface area contributed by atoms with Crippen LogP contribution in [-0.4, -0.2) is 33.4 Å². The van der Waals surface area contributed by atoms with Gasteiger partial charge in [0.05, 0.1) is 11.3 Å². The van der Waals surface area contributed by atoms with E-state index in [1.165, 1.54) is 12.8 Å². The van der Waals surface area contributed by atoms with Crippen molar-refractivity contribution in [3.05, 3.63) is 48.4 Å². The molecular weight excluding hydrogens is 262 g/mol. The number of likely N-dealkylation sites (tertiary alicyclic amines) is 1. The Morgan fingerprint density at radius 1 is 1.14 bits per heavy atom. The predicted molar refractivity (Wildman–Crippen MR) is 79.6 cm³/mol. The Bertz CT molecular complexity index is 671. The molecule has 1 aliphatic carbocycles. The molecule has 4 rings (SSSR count). The minimum atomic E-state index is 0.127. The molecule has 1 aliphatic heterocycles. The van der Waals surface area contributed by atoms with Crippen molar-refractivity contribution in [2.75, 3.05) is 6.54 Å². The molecule has 2 aliphatic rings. The zero-order chi connectivity index (χ0) is 14.2. The number of hydrogen-bond donors (Lipinski definition) is 0. The summed E-state index contributed by atoms with van der Waals surface area (Å²) in [5, 5.41) is 0. The zero-order valence-corrected chi connectivity index (χ0v) is 11.8. The molecule has 2 aromatic rings. The van der Waals surface area contributed by atoms with Crippen molar-refractivity contribution < 1.29 is 4.79 Å². The van der Waals surface area contributed by atoms with Gasteiger partial charge in [0, 0.05) is 36.7 Å². The summed E-state index contributed by atoms with van der Waals surface area (Å²) < 4.78 is 0. The number of amides is 1. The van der Waals surface area contributed by atoms with Crippen LogP contribution in [0, 0.1) is 5.92 Å². The third kappa shape index (κ3) is 2.11. The summed E-state index contributed by atoms with van der Waals surface area (Å²) in [7, 11) is 0. The van der Waals surface area contributed by atoms with E-state index in [1.807, 2.05) is 24.3 Å². The second-order valence-electron chi connectivity index (χ2n) is 5.93. The fraction of sp³-hybridized carbons (Fsp3) is 0.353. The lowest BCUT2D eigenvalue weighted by Crippen LogP contribution is -2.37. The third-order valence-electron chi connectivity index (χ3n) is 4.66. The number of pyridine rings is 2. The van der Waals surface area contributed by atoms with Crippen LogP contribution in [0.25, 0.3) is 11.3 Å². The van der Waals surface area contributed by atoms with E-state index in [1.54, 1.807) is 18.6 Å². The topological polar surface area (TPSA) is 46.1 Å². The number of hydrogen-bond acceptors (Lipinski definition) is 3. The van der Waals surface area contributed by atoms with E-state index in [0.29, 0.717) is 17.5 Å². The number of piperidine rings is 1. The van der Waals surface area contributed by atoms with Crippen LogP contribution in [0.2, 0.25) is 0 Å². The number of carbonyl (C=O) groups excluding carboxylic acids is 1. The van der Waals surface area contributed by atoms with Crippen molar-refractivity contribution >= 4 is 5.91 Å². The molecule has 2 unspecified atom stereocenters. The molecule has 2 fully saturated rings. The maximum atomic E-state index is 12.9. The molecule has 0 aromatic carbocycles. The maximum Gasteiger partial charge on any atom is 0.256 e. The molecule has 1 saturated heterocycles. The quantitative estimate of drug-likeness (QED) is 0.849. The van der Waals surface area contributed by atoms with Crippen LogP contribution in [0.4, 0.5) is 0 Å². The summed E-state index contributed by atoms with van der Waals surface area (Å²) in [6.07, 6.45) is 8.81. The molecule has 3 heterocycles. The normalized spacial score (nSPS) is 23.5. The summed E-state index contributed by atoms with van der Waals surface area (Å²) >= 11 is 0. The standard InChI is InChI=1S/C17H17N3O/c21-17(20-11-12-3-4-14(20)10-12)15-2-1-7-19-16(15)13-5-8-18-9-6-13/h1-2,5-9,12,14H,3-4,10-11H2. The van der Waals surface area contributed by atoms with Crippen molar-refractivity contribution in [3.63, 3.8) is 0 Å². The minimum Gasteiger partial charge on any atom is -0.335 e. The predicted octanol–water partition coefficient (Wildman–Crippen LogP) is 2.77. The summed E-state index contributed by atoms with van der Waals surface area (Å²) in [5.41, 5.74) is 2.40. The largest absolute Gasteiger partial charge is 0.335 e. The zero-order valence-electron chi connectivity index (χ0n) is 11.8. The molecule has 0 spiro atoms. The Labute approximate surface area is 123 Å². The summed E-state index contributed by atoms with van der Waals surface area (Å²) in [5.74, 6) is 0.835. The second kappa shape index (κ2) is 4.95. The molecule has 1 amide bonds. The van der Waals surface area contributed by atoms with Gasteiger partial charge in [-0.1, -0.05) is 0 Å². The number of fused-ring (bicyclic) bond motifs is 2. The first-order valence-corrected chi connectivity index (χ1v) is 7.49. The van der Waals surface area contributed by atoms with Gasteiger partial charge in [-0.15, -0.1) is 0 Å². The van der Waals surface area contributed by atoms with Crippen molar-refractivity contribution in [2.45, 2.75) is 25.3 Å². The van der Waals surface area contributed by atoms with Crippen LogP contribution in [-0.2, 0) is 0 Å². The highest BCUT2D eigenvalue weighted by Gasteiger charge is 2.40. The lowest BCUT2D eigenvalue weighted by atomic mass is 10.0. The molecule has 106 valence electrons. The maximum absolute atomic E-state index is 12.9. The van der Waals surface area contributed by atoms with Gasteiger partial charge in [-0.2, -0.15) is 0 Å². The first-order valence-electron chi connectivity index (χ1n) is 7.49. The van der Waals surface area contributed by atoms with Crippen LogP contribution in [0.5, 0.6) is 0 Å². The molecule has 4 heteroatoms. The monoisotopic (exact) mass is 279 g/mol. The van der Waals surface area contributed by atoms with Crippen LogP contribution in [0.1, 0.15) is 29.6 Å². The van der Waals surface area contributed by atoms with Crippen LogP contribution < -0.4 is 0 Å². The average molecular weight is 279 g/mol. The molecule has 2 atom stereocenters. The SMILES string of the molecule is O=C(c1cccnc1-c1ccncc1)N1CC2CCC1C2. The summed E-state index contributed by atoms with van der Waals surface area (Å²) in [4.78, 5) is 23.4. The van der Waals surface area contributed by atoms with E-state index in [4.69, 9.17) is 0 Å². The van der Waals surface area contributed by atoms with Gasteiger partial charge in [-0.3, -0.25) is 14.8 Å². The first-order chi connectivity index (χ1) is 10.3. The summed E-state index contributed by atoms with van der Waals surface area (Å²) in [6, 6.07) is 7.96. The average Bonchev–Trinajstić information content (AvgIpc) is 3.18. The smallest absolute Gasteiger partial charge is 0.256 e. The van der Waals surface area contributed by atoms with Gasteiger partial charge in [-0.05, 0) is 49.4 Å². The molecular formula is C17H17N3O. The molecule has 1 saturated carbocycles. The van der Waals surface area contributed by atoms with E-state index in [0.717, 1.165) is 24.2 Å². The van der Waals surface area contributed by atoms with Gasteiger partial charge >= 0.3 is 0 Å². The Morgan fingerprint density at radius 3 is 2.71 bits per heavy atom. The highest BCUT2D eigenvalue weighted by Crippen LogP contribution is 2.38. The number of nitrogens with zero attached hydrogens (tertiary/aromatic N) is 3. The van der Waals surface area contributed by atoms with Crippen molar-refractivity contribution in [1.82, 2.24) is 14.9 Å². The van der Waals surface area contributed by atoms with Crippen molar-refractivity contribution in [3.8, 4) is 11.3 Å². The Hall–Kier alpha value is -2.23. The summed E-state index contributed by atoms with van der Waals surface area (Å²) in [6.45, 7) is 0.911. The first kappa shape index (κ1) is 12.5. The number of aromatic nitrogens is 2. The lowest BCUT2D eigenvalue weighted by molar-refractivity contribution is 0.0704. The van der Waals surface area contributed by atoms with E-state index in [2.05, 4.69) is 14.9 Å². The molecule has 21 heavy (non-hydrogen) atoms. The van der Waals surface area contributed by atoms with Crippen LogP contribution in [0.15, 0.2) is 42.9 Å². The van der Waals surface area contributed by atoms with Crippen LogP contribution in [0.3, 0.4) is 0 Å². The van der Waals surface area contributed by atoms with Crippen molar-refractivity contribution in [1.29, 1.82) is 0 Å². The van der Waals surface area contributed by atoms with Gasteiger partial charge in [0.1, 0.15) is 0 Å². The highest BCUT2D eigenvalue weighted by atomic mass is 16.2. The van der Waals surface area contributed by atoms with E-state index >= 15 is 0 Å². The fourth-order valence-corrected chi connectivity index (χ4v) is 3.65. The molecule has 4 nitrogen and oxygen atoms in total. The fourth-order valence-electron chi connectivity index (χ4n) is 3.65. The van der Waals surface area contributed by atoms with Gasteiger partial charge in [-0.25, -0.2) is 0 Å². The highest BCUT2D eigenvalue weighted by molar-refractivity contribution is 6.00. The second-order valence-corrected chi connectivity index (χ2v) is 5.93. The Balaban J connectivity index is 1.71. The number of carbonyl (C=O) groups is 1. The molecule has 0 radical (unpaired) electrons. The van der Waals surface area contributed by atoms with Gasteiger partial charge < -0.3 is 4.90 Å². The van der Waals surface area contributed by atoms with Crippen LogP contribution >= 0.6 is 0 Å². The van der Waals surface area contributed by atoms with Gasteiger partial charge in [0.15, 0.2) is 0 Å². The third-order valence-corrected chi connectivity index (χ3v) is 4.66. The van der Waals surface area contributed by atoms with E-state index in [9.17, 15) is 4.79 Å². The van der Waals surface area contributed by atoms with Crippen molar-refractivity contribution in [2.24, 2.45) is 5.92 Å². The molecule has 0 N–H and O–H groups in total. The van der Waals surface area contributed by atoms with E-state index in [-0.39, 0.29) is 5.91 Å². The molecule has 2 aromatic heterocycles. The van der Waals surface area contributed by atoms with Gasteiger partial charge in [0.25, 0.3) is 5.91 Å². The minimum absolute atomic E-state index is 0.127. The Kier molecular flexibility index (Phi) is 2.95. The van der Waals surface area contributed by atoms with E-state index < -0.39 is 0 Å². The lowest BCUT2D eigenvalue weighted by Gasteiger charge is -2.27. The number of rotatable bonds is 2. The molecule has 2 bridgehead atoms. The Morgan fingerprint density at radius 2 is 2.00 bits per heavy atom. The van der Waals surface area contributed by atoms with Gasteiger partial charge in [0.2, 0.25) is 0 Å².